The van der Waals surface area contributed by atoms with Gasteiger partial charge in [-0.15, -0.1) is 11.3 Å². The van der Waals surface area contributed by atoms with Crippen molar-refractivity contribution in [2.24, 2.45) is 10.1 Å². The zero-order valence-electron chi connectivity index (χ0n) is 14.0. The molecule has 0 saturated heterocycles. The van der Waals surface area contributed by atoms with E-state index in [2.05, 4.69) is 10.1 Å². The molecule has 0 unspecified atom stereocenters. The standard InChI is InChI=1S/C16H13N5O5S/c1-2-17-16-19(18-9-13-7-8-15(26-13)21(24)25)14(10-27-16)11-3-5-12(6-4-11)20(22)23/h3-10H,2H2,1H3. The molecular formula is C16H13N5O5S. The Bertz CT molecular complexity index is 1080. The molecule has 0 N–H and O–H groups in total. The molecule has 0 aliphatic carbocycles. The van der Waals surface area contributed by atoms with Gasteiger partial charge in [0.1, 0.15) is 4.92 Å². The fraction of sp³-hybridized carbons (Fsp3) is 0.125. The molecule has 138 valence electrons. The Hall–Kier alpha value is -3.60. The number of thiazole rings is 1. The molecule has 0 radical (unpaired) electrons. The topological polar surface area (TPSA) is 129 Å². The average Bonchev–Trinajstić information content (AvgIpc) is 3.27. The smallest absolute Gasteiger partial charge is 0.400 e. The highest BCUT2D eigenvalue weighted by Crippen LogP contribution is 2.23. The summed E-state index contributed by atoms with van der Waals surface area (Å²) in [4.78, 5) is 25.4. The molecule has 27 heavy (non-hydrogen) atoms. The monoisotopic (exact) mass is 387 g/mol. The lowest BCUT2D eigenvalue weighted by molar-refractivity contribution is -0.402. The van der Waals surface area contributed by atoms with Crippen molar-refractivity contribution in [2.45, 2.75) is 6.92 Å². The van der Waals surface area contributed by atoms with Gasteiger partial charge in [-0.1, -0.05) is 0 Å². The van der Waals surface area contributed by atoms with E-state index in [0.717, 1.165) is 5.56 Å². The third kappa shape index (κ3) is 3.98. The Morgan fingerprint density at radius 3 is 2.48 bits per heavy atom. The maximum Gasteiger partial charge on any atom is 0.433 e. The summed E-state index contributed by atoms with van der Waals surface area (Å²) in [6.45, 7) is 2.43. The van der Waals surface area contributed by atoms with Crippen LogP contribution < -0.4 is 4.80 Å². The molecule has 1 aromatic carbocycles. The number of furan rings is 1. The Balaban J connectivity index is 2.01. The highest BCUT2D eigenvalue weighted by molar-refractivity contribution is 7.07. The minimum atomic E-state index is -0.630. The highest BCUT2D eigenvalue weighted by atomic mass is 32.1. The van der Waals surface area contributed by atoms with Gasteiger partial charge >= 0.3 is 5.88 Å². The Morgan fingerprint density at radius 2 is 1.89 bits per heavy atom. The van der Waals surface area contributed by atoms with Crippen molar-refractivity contribution < 1.29 is 14.3 Å². The lowest BCUT2D eigenvalue weighted by Crippen LogP contribution is -2.12. The highest BCUT2D eigenvalue weighted by Gasteiger charge is 2.12. The van der Waals surface area contributed by atoms with E-state index in [1.54, 1.807) is 16.8 Å². The largest absolute Gasteiger partial charge is 0.433 e. The number of aromatic nitrogens is 1. The Kier molecular flexibility index (Phi) is 5.22. The molecule has 3 rings (SSSR count). The van der Waals surface area contributed by atoms with Gasteiger partial charge in [-0.05, 0) is 25.1 Å². The van der Waals surface area contributed by atoms with Gasteiger partial charge in [0, 0.05) is 29.6 Å². The number of non-ortho nitro benzene ring substituents is 1. The van der Waals surface area contributed by atoms with E-state index in [-0.39, 0.29) is 17.3 Å². The quantitative estimate of drug-likeness (QED) is 0.363. The molecule has 0 bridgehead atoms. The van der Waals surface area contributed by atoms with E-state index < -0.39 is 9.85 Å². The minimum absolute atomic E-state index is 0.00889. The van der Waals surface area contributed by atoms with Crippen LogP contribution in [0.4, 0.5) is 11.6 Å². The fourth-order valence-corrected chi connectivity index (χ4v) is 3.13. The molecule has 10 nitrogen and oxygen atoms in total. The third-order valence-corrected chi connectivity index (χ3v) is 4.30. The van der Waals surface area contributed by atoms with Crippen molar-refractivity contribution in [3.8, 4) is 11.3 Å². The first-order chi connectivity index (χ1) is 13.0. The average molecular weight is 387 g/mol. The van der Waals surface area contributed by atoms with Crippen LogP contribution in [0.3, 0.4) is 0 Å². The second kappa shape index (κ2) is 7.74. The number of hydrogen-bond acceptors (Lipinski definition) is 8. The third-order valence-electron chi connectivity index (χ3n) is 3.45. The lowest BCUT2D eigenvalue weighted by Gasteiger charge is -2.03. The molecule has 11 heteroatoms. The molecule has 0 spiro atoms. The molecule has 2 heterocycles. The molecule has 0 aliphatic heterocycles. The zero-order valence-corrected chi connectivity index (χ0v) is 14.8. The van der Waals surface area contributed by atoms with E-state index >= 15 is 0 Å². The van der Waals surface area contributed by atoms with Crippen molar-refractivity contribution in [3.05, 3.63) is 72.6 Å². The van der Waals surface area contributed by atoms with Crippen molar-refractivity contribution in [2.75, 3.05) is 6.54 Å². The van der Waals surface area contributed by atoms with Crippen LogP contribution in [0, 0.1) is 20.2 Å². The molecule has 2 aromatic heterocycles. The van der Waals surface area contributed by atoms with Gasteiger partial charge in [-0.25, -0.2) is 4.68 Å². The number of nitrogens with zero attached hydrogens (tertiary/aromatic N) is 5. The van der Waals surface area contributed by atoms with E-state index in [0.29, 0.717) is 17.0 Å². The van der Waals surface area contributed by atoms with Crippen molar-refractivity contribution >= 4 is 29.1 Å². The van der Waals surface area contributed by atoms with Crippen molar-refractivity contribution in [1.82, 2.24) is 4.68 Å². The van der Waals surface area contributed by atoms with Crippen LogP contribution in [-0.4, -0.2) is 27.3 Å². The summed E-state index contributed by atoms with van der Waals surface area (Å²) in [5.74, 6) is -0.154. The number of hydrogen-bond donors (Lipinski definition) is 0. The number of rotatable bonds is 6. The van der Waals surface area contributed by atoms with Crippen LogP contribution in [-0.2, 0) is 0 Å². The SMILES string of the molecule is CCN=c1scc(-c2ccc([N+](=O)[O-])cc2)n1N=Cc1ccc([N+](=O)[O-])o1. The normalized spacial score (nSPS) is 12.0. The van der Waals surface area contributed by atoms with E-state index in [1.807, 2.05) is 12.3 Å². The molecule has 0 aliphatic rings. The van der Waals surface area contributed by atoms with Gasteiger partial charge in [0.2, 0.25) is 4.80 Å². The molecule has 0 amide bonds. The number of nitro groups is 2. The predicted octanol–water partition coefficient (Wildman–Crippen LogP) is 3.43. The van der Waals surface area contributed by atoms with Crippen LogP contribution in [0.2, 0.25) is 0 Å². The summed E-state index contributed by atoms with van der Waals surface area (Å²) in [7, 11) is 0. The summed E-state index contributed by atoms with van der Waals surface area (Å²) in [5.41, 5.74) is 1.39. The minimum Gasteiger partial charge on any atom is -0.400 e. The van der Waals surface area contributed by atoms with Crippen molar-refractivity contribution in [1.29, 1.82) is 0 Å². The van der Waals surface area contributed by atoms with Gasteiger partial charge in [0.05, 0.1) is 22.9 Å². The Labute approximate surface area is 156 Å². The van der Waals surface area contributed by atoms with E-state index in [9.17, 15) is 20.2 Å². The molecule has 0 fully saturated rings. The summed E-state index contributed by atoms with van der Waals surface area (Å²) in [6.07, 6.45) is 1.35. The van der Waals surface area contributed by atoms with Gasteiger partial charge < -0.3 is 4.42 Å². The maximum atomic E-state index is 10.8. The summed E-state index contributed by atoms with van der Waals surface area (Å²) >= 11 is 1.36. The maximum absolute atomic E-state index is 10.8. The first-order valence-corrected chi connectivity index (χ1v) is 8.62. The van der Waals surface area contributed by atoms with Crippen LogP contribution in [0.5, 0.6) is 0 Å². The van der Waals surface area contributed by atoms with E-state index in [4.69, 9.17) is 4.42 Å². The molecular weight excluding hydrogens is 374 g/mol. The molecule has 0 saturated carbocycles. The van der Waals surface area contributed by atoms with Crippen molar-refractivity contribution in [3.63, 3.8) is 0 Å². The van der Waals surface area contributed by atoms with Crippen LogP contribution >= 0.6 is 11.3 Å². The van der Waals surface area contributed by atoms with Gasteiger partial charge in [0.25, 0.3) is 5.69 Å². The van der Waals surface area contributed by atoms with Crippen LogP contribution in [0.1, 0.15) is 12.7 Å². The first kappa shape index (κ1) is 18.2. The van der Waals surface area contributed by atoms with Crippen LogP contribution in [0.15, 0.2) is 56.3 Å². The fourth-order valence-electron chi connectivity index (χ4n) is 2.23. The van der Waals surface area contributed by atoms with Gasteiger partial charge in [-0.2, -0.15) is 5.10 Å². The summed E-state index contributed by atoms with van der Waals surface area (Å²) in [6, 6.07) is 8.76. The second-order valence-corrected chi connectivity index (χ2v) is 6.01. The summed E-state index contributed by atoms with van der Waals surface area (Å²) < 4.78 is 6.63. The second-order valence-electron chi connectivity index (χ2n) is 5.17. The molecule has 3 aromatic rings. The number of benzene rings is 1. The zero-order chi connectivity index (χ0) is 19.4. The predicted molar refractivity (Wildman–Crippen MR) is 98.9 cm³/mol. The van der Waals surface area contributed by atoms with Gasteiger partial charge in [0.15, 0.2) is 5.76 Å². The first-order valence-electron chi connectivity index (χ1n) is 7.74. The number of nitro benzene ring substituents is 1. The molecule has 0 atom stereocenters. The Morgan fingerprint density at radius 1 is 1.15 bits per heavy atom. The van der Waals surface area contributed by atoms with Gasteiger partial charge in [-0.3, -0.25) is 25.2 Å². The van der Waals surface area contributed by atoms with Crippen LogP contribution in [0.25, 0.3) is 11.3 Å². The lowest BCUT2D eigenvalue weighted by atomic mass is 10.1. The van der Waals surface area contributed by atoms with E-state index in [1.165, 1.54) is 41.8 Å². The summed E-state index contributed by atoms with van der Waals surface area (Å²) in [5, 5.41) is 27.7.